The van der Waals surface area contributed by atoms with Crippen molar-refractivity contribution < 1.29 is 9.59 Å². The van der Waals surface area contributed by atoms with Crippen molar-refractivity contribution in [3.05, 3.63) is 29.8 Å². The second-order valence-corrected chi connectivity index (χ2v) is 4.63. The van der Waals surface area contributed by atoms with Crippen molar-refractivity contribution in [2.24, 2.45) is 5.84 Å². The molecule has 96 valence electrons. The molecule has 1 aromatic rings. The van der Waals surface area contributed by atoms with E-state index in [-0.39, 0.29) is 11.8 Å². The van der Waals surface area contributed by atoms with Crippen LogP contribution in [0.15, 0.2) is 24.3 Å². The van der Waals surface area contributed by atoms with Gasteiger partial charge in [-0.3, -0.25) is 9.59 Å². The van der Waals surface area contributed by atoms with E-state index < -0.39 is 5.41 Å². The highest BCUT2D eigenvalue weighted by atomic mass is 16.2. The van der Waals surface area contributed by atoms with Gasteiger partial charge in [0.2, 0.25) is 5.91 Å². The van der Waals surface area contributed by atoms with E-state index in [0.29, 0.717) is 24.9 Å². The zero-order valence-corrected chi connectivity index (χ0v) is 10.3. The van der Waals surface area contributed by atoms with Gasteiger partial charge in [0.15, 0.2) is 0 Å². The topological polar surface area (TPSA) is 89.4 Å². The Bertz CT molecular complexity index is 484. The van der Waals surface area contributed by atoms with Gasteiger partial charge in [0.05, 0.1) is 5.41 Å². The predicted molar refractivity (Wildman–Crippen MR) is 68.1 cm³/mol. The summed E-state index contributed by atoms with van der Waals surface area (Å²) in [7, 11) is 0. The van der Waals surface area contributed by atoms with Crippen molar-refractivity contribution in [2.75, 3.05) is 5.73 Å². The van der Waals surface area contributed by atoms with Crippen LogP contribution in [0.4, 0.5) is 5.69 Å². The molecule has 18 heavy (non-hydrogen) atoms. The summed E-state index contributed by atoms with van der Waals surface area (Å²) in [6, 6.07) is 7.19. The summed E-state index contributed by atoms with van der Waals surface area (Å²) in [6.45, 7) is 1.93. The van der Waals surface area contributed by atoms with Crippen LogP contribution in [0.3, 0.4) is 0 Å². The Hall–Kier alpha value is -1.88. The first kappa shape index (κ1) is 12.6. The van der Waals surface area contributed by atoms with Crippen molar-refractivity contribution >= 4 is 17.5 Å². The van der Waals surface area contributed by atoms with Crippen LogP contribution in [0.5, 0.6) is 0 Å². The number of hydrogen-bond acceptors (Lipinski definition) is 4. The summed E-state index contributed by atoms with van der Waals surface area (Å²) >= 11 is 0. The second-order valence-electron chi connectivity index (χ2n) is 4.63. The molecule has 2 rings (SSSR count). The molecule has 4 N–H and O–H groups in total. The summed E-state index contributed by atoms with van der Waals surface area (Å²) in [4.78, 5) is 23.8. The normalized spacial score (nSPS) is 24.4. The highest BCUT2D eigenvalue weighted by molar-refractivity contribution is 6.02. The van der Waals surface area contributed by atoms with Gasteiger partial charge in [-0.2, -0.15) is 0 Å². The summed E-state index contributed by atoms with van der Waals surface area (Å²) in [5, 5.41) is 0.753. The third-order valence-electron chi connectivity index (χ3n) is 3.73. The molecule has 0 bridgehead atoms. The summed E-state index contributed by atoms with van der Waals surface area (Å²) in [5.41, 5.74) is 6.47. The highest BCUT2D eigenvalue weighted by Crippen LogP contribution is 2.37. The number of piperidine rings is 1. The number of amides is 2. The quantitative estimate of drug-likeness (QED) is 0.352. The fraction of sp³-hybridized carbons (Fsp3) is 0.385. The van der Waals surface area contributed by atoms with Crippen LogP contribution < -0.4 is 11.6 Å². The molecule has 5 heteroatoms. The molecule has 1 heterocycles. The molecule has 1 saturated heterocycles. The summed E-state index contributed by atoms with van der Waals surface area (Å²) in [6.07, 6.45) is 1.40. The van der Waals surface area contributed by atoms with E-state index in [4.69, 9.17) is 11.6 Å². The first-order chi connectivity index (χ1) is 8.51. The number of carbonyl (C=O) groups excluding carboxylic acids is 2. The second kappa shape index (κ2) is 4.42. The maximum atomic E-state index is 12.3. The van der Waals surface area contributed by atoms with Gasteiger partial charge in [-0.25, -0.2) is 10.9 Å². The van der Waals surface area contributed by atoms with E-state index >= 15 is 0 Å². The van der Waals surface area contributed by atoms with Crippen LogP contribution in [0, 0.1) is 0 Å². The van der Waals surface area contributed by atoms with Gasteiger partial charge in [0.25, 0.3) is 5.91 Å². The molecule has 1 atom stereocenters. The van der Waals surface area contributed by atoms with E-state index in [0.717, 1.165) is 10.6 Å². The Morgan fingerprint density at radius 2 is 1.89 bits per heavy atom. The minimum atomic E-state index is -0.698. The van der Waals surface area contributed by atoms with Gasteiger partial charge < -0.3 is 5.73 Å². The predicted octanol–water partition coefficient (Wildman–Crippen LogP) is 0.939. The minimum absolute atomic E-state index is 0.292. The smallest absolute Gasteiger partial charge is 0.254 e. The number of nitrogens with two attached hydrogens (primary N) is 2. The largest absolute Gasteiger partial charge is 0.399 e. The van der Waals surface area contributed by atoms with Crippen LogP contribution in [-0.2, 0) is 15.0 Å². The van der Waals surface area contributed by atoms with Crippen LogP contribution in [0.2, 0.25) is 0 Å². The van der Waals surface area contributed by atoms with Crippen molar-refractivity contribution in [3.8, 4) is 0 Å². The number of rotatable bonds is 2. The van der Waals surface area contributed by atoms with Crippen molar-refractivity contribution in [1.82, 2.24) is 5.01 Å². The molecule has 1 aliphatic rings. The molecular weight excluding hydrogens is 230 g/mol. The molecule has 1 unspecified atom stereocenters. The average molecular weight is 247 g/mol. The first-order valence-corrected chi connectivity index (χ1v) is 5.99. The standard InChI is InChI=1S/C13H17N3O2/c1-2-13(9-3-5-10(14)6-4-9)8-7-11(17)16(15)12(13)18/h3-6H,2,7-8,14-15H2,1H3. The highest BCUT2D eigenvalue weighted by Gasteiger charge is 2.46. The van der Waals surface area contributed by atoms with Crippen LogP contribution in [0.25, 0.3) is 0 Å². The molecule has 1 aromatic carbocycles. The molecule has 1 fully saturated rings. The maximum absolute atomic E-state index is 12.3. The molecule has 0 spiro atoms. The molecule has 5 nitrogen and oxygen atoms in total. The van der Waals surface area contributed by atoms with Gasteiger partial charge in [-0.15, -0.1) is 0 Å². The van der Waals surface area contributed by atoms with E-state index in [1.165, 1.54) is 0 Å². The zero-order chi connectivity index (χ0) is 13.3. The van der Waals surface area contributed by atoms with Gasteiger partial charge in [-0.05, 0) is 30.5 Å². The number of carbonyl (C=O) groups is 2. The third kappa shape index (κ3) is 1.76. The molecule has 0 radical (unpaired) electrons. The molecule has 1 aliphatic heterocycles. The summed E-state index contributed by atoms with van der Waals surface area (Å²) in [5.74, 6) is 4.90. The van der Waals surface area contributed by atoms with Gasteiger partial charge in [-0.1, -0.05) is 19.1 Å². The van der Waals surface area contributed by atoms with E-state index in [1.54, 1.807) is 12.1 Å². The molecule has 0 saturated carbocycles. The minimum Gasteiger partial charge on any atom is -0.399 e. The van der Waals surface area contributed by atoms with Crippen molar-refractivity contribution in [3.63, 3.8) is 0 Å². The lowest BCUT2D eigenvalue weighted by atomic mass is 9.71. The number of anilines is 1. The lowest BCUT2D eigenvalue weighted by Crippen LogP contribution is -2.56. The Labute approximate surface area is 106 Å². The van der Waals surface area contributed by atoms with Crippen molar-refractivity contribution in [2.45, 2.75) is 31.6 Å². The Morgan fingerprint density at radius 3 is 2.44 bits per heavy atom. The zero-order valence-electron chi connectivity index (χ0n) is 10.3. The third-order valence-corrected chi connectivity index (χ3v) is 3.73. The number of benzene rings is 1. The first-order valence-electron chi connectivity index (χ1n) is 5.99. The number of nitrogen functional groups attached to an aromatic ring is 1. The molecule has 0 aromatic heterocycles. The van der Waals surface area contributed by atoms with Crippen LogP contribution >= 0.6 is 0 Å². The van der Waals surface area contributed by atoms with Crippen LogP contribution in [-0.4, -0.2) is 16.8 Å². The molecule has 2 amide bonds. The van der Waals surface area contributed by atoms with Crippen LogP contribution in [0.1, 0.15) is 31.7 Å². The van der Waals surface area contributed by atoms with Gasteiger partial charge >= 0.3 is 0 Å². The van der Waals surface area contributed by atoms with E-state index in [1.807, 2.05) is 19.1 Å². The monoisotopic (exact) mass is 247 g/mol. The number of hydrogen-bond donors (Lipinski definition) is 2. The SMILES string of the molecule is CCC1(c2ccc(N)cc2)CCC(=O)N(N)C1=O. The fourth-order valence-corrected chi connectivity index (χ4v) is 2.49. The Kier molecular flexibility index (Phi) is 3.09. The fourth-order valence-electron chi connectivity index (χ4n) is 2.49. The summed E-state index contributed by atoms with van der Waals surface area (Å²) < 4.78 is 0. The number of nitrogens with zero attached hydrogens (tertiary/aromatic N) is 1. The number of imide groups is 1. The average Bonchev–Trinajstić information content (AvgIpc) is 2.38. The Balaban J connectivity index is 2.45. The van der Waals surface area contributed by atoms with Gasteiger partial charge in [0, 0.05) is 12.1 Å². The van der Waals surface area contributed by atoms with E-state index in [2.05, 4.69) is 0 Å². The number of hydrazine groups is 1. The van der Waals surface area contributed by atoms with Gasteiger partial charge in [0.1, 0.15) is 0 Å². The molecule has 0 aliphatic carbocycles. The molecular formula is C13H17N3O2. The lowest BCUT2D eigenvalue weighted by molar-refractivity contribution is -0.154. The Morgan fingerprint density at radius 1 is 1.28 bits per heavy atom. The maximum Gasteiger partial charge on any atom is 0.254 e. The van der Waals surface area contributed by atoms with Crippen molar-refractivity contribution in [1.29, 1.82) is 0 Å². The van der Waals surface area contributed by atoms with E-state index in [9.17, 15) is 9.59 Å². The lowest BCUT2D eigenvalue weighted by Gasteiger charge is -2.38.